The Labute approximate surface area is 311 Å². The quantitative estimate of drug-likeness (QED) is 0.169. The van der Waals surface area contributed by atoms with E-state index in [-0.39, 0.29) is 0 Å². The van der Waals surface area contributed by atoms with Crippen molar-refractivity contribution in [3.8, 4) is 56.4 Å². The average molecular weight is 687 g/mol. The third kappa shape index (κ3) is 4.92. The SMILES string of the molecule is c1ccc2c(c1)cc(-c1ccc(-c3nc(-c4ccc(-c5ccncc5)cc4)nc(-c4ccc5ccc6cccc7ccc4c5c67)n3)cc1)c1ccccc12. The van der Waals surface area contributed by atoms with Crippen LogP contribution in [-0.2, 0) is 0 Å². The molecular formula is C50H30N4. The molecule has 9 aromatic carbocycles. The van der Waals surface area contributed by atoms with Crippen molar-refractivity contribution >= 4 is 53.9 Å². The topological polar surface area (TPSA) is 51.6 Å². The van der Waals surface area contributed by atoms with Gasteiger partial charge < -0.3 is 0 Å². The molecule has 0 bridgehead atoms. The first kappa shape index (κ1) is 30.3. The van der Waals surface area contributed by atoms with Crippen molar-refractivity contribution in [3.05, 3.63) is 182 Å². The van der Waals surface area contributed by atoms with E-state index in [1.54, 1.807) is 0 Å². The molecule has 0 unspecified atom stereocenters. The summed E-state index contributed by atoms with van der Waals surface area (Å²) in [6, 6.07) is 60.4. The van der Waals surface area contributed by atoms with Crippen LogP contribution in [0.4, 0.5) is 0 Å². The van der Waals surface area contributed by atoms with Crippen molar-refractivity contribution in [2.24, 2.45) is 0 Å². The molecule has 250 valence electrons. The number of hydrogen-bond donors (Lipinski definition) is 0. The van der Waals surface area contributed by atoms with Gasteiger partial charge in [-0.05, 0) is 100 Å². The van der Waals surface area contributed by atoms with E-state index in [1.165, 1.54) is 54.0 Å². The molecule has 0 aliphatic rings. The minimum Gasteiger partial charge on any atom is -0.265 e. The molecule has 4 nitrogen and oxygen atoms in total. The van der Waals surface area contributed by atoms with E-state index >= 15 is 0 Å². The zero-order valence-corrected chi connectivity index (χ0v) is 29.1. The monoisotopic (exact) mass is 686 g/mol. The molecule has 4 heteroatoms. The van der Waals surface area contributed by atoms with Crippen LogP contribution in [0, 0.1) is 0 Å². The van der Waals surface area contributed by atoms with Crippen molar-refractivity contribution in [2.45, 2.75) is 0 Å². The largest absolute Gasteiger partial charge is 0.265 e. The van der Waals surface area contributed by atoms with E-state index in [9.17, 15) is 0 Å². The Balaban J connectivity index is 1.08. The summed E-state index contributed by atoms with van der Waals surface area (Å²) in [6.07, 6.45) is 3.64. The maximum Gasteiger partial charge on any atom is 0.164 e. The summed E-state index contributed by atoms with van der Waals surface area (Å²) in [6.45, 7) is 0. The molecule has 0 saturated heterocycles. The fourth-order valence-corrected chi connectivity index (χ4v) is 8.13. The normalized spacial score (nSPS) is 11.7. The van der Waals surface area contributed by atoms with Gasteiger partial charge in [0.25, 0.3) is 0 Å². The lowest BCUT2D eigenvalue weighted by molar-refractivity contribution is 1.08. The second-order valence-electron chi connectivity index (χ2n) is 13.9. The first-order valence-corrected chi connectivity index (χ1v) is 18.2. The maximum atomic E-state index is 5.21. The van der Waals surface area contributed by atoms with Crippen molar-refractivity contribution in [3.63, 3.8) is 0 Å². The molecule has 2 heterocycles. The zero-order valence-electron chi connectivity index (χ0n) is 29.1. The third-order valence-electron chi connectivity index (χ3n) is 10.8. The van der Waals surface area contributed by atoms with Gasteiger partial charge in [0, 0.05) is 29.1 Å². The minimum absolute atomic E-state index is 0.631. The zero-order chi connectivity index (χ0) is 35.6. The van der Waals surface area contributed by atoms with Gasteiger partial charge in [0.2, 0.25) is 0 Å². The molecule has 0 saturated carbocycles. The lowest BCUT2D eigenvalue weighted by Crippen LogP contribution is -2.01. The Morgan fingerprint density at radius 2 is 0.796 bits per heavy atom. The van der Waals surface area contributed by atoms with Crippen molar-refractivity contribution < 1.29 is 0 Å². The lowest BCUT2D eigenvalue weighted by atomic mass is 9.92. The van der Waals surface area contributed by atoms with E-state index in [0.29, 0.717) is 17.5 Å². The van der Waals surface area contributed by atoms with Crippen LogP contribution in [0.1, 0.15) is 0 Å². The fourth-order valence-electron chi connectivity index (χ4n) is 8.13. The van der Waals surface area contributed by atoms with Gasteiger partial charge in [-0.2, -0.15) is 0 Å². The number of fused-ring (bicyclic) bond motifs is 3. The van der Waals surface area contributed by atoms with Gasteiger partial charge >= 0.3 is 0 Å². The van der Waals surface area contributed by atoms with E-state index < -0.39 is 0 Å². The predicted octanol–water partition coefficient (Wildman–Crippen LogP) is 12.8. The first-order chi connectivity index (χ1) is 26.7. The van der Waals surface area contributed by atoms with Crippen LogP contribution in [0.25, 0.3) is 110 Å². The standard InChI is InChI=1S/C50H30N4/c1-2-9-40-39(6-1)30-45(42-11-4-3-10-41(40)42)33-14-20-38(21-15-33)49-52-48(37-18-12-31(13-19-37)32-26-28-51-29-27-32)53-50(54-49)44-25-23-36-17-16-34-7-5-8-35-22-24-43(44)47(36)46(34)35/h1-30H. The molecule has 11 rings (SSSR count). The van der Waals surface area contributed by atoms with Crippen LogP contribution in [0.15, 0.2) is 182 Å². The molecule has 11 aromatic rings. The molecular weight excluding hydrogens is 657 g/mol. The predicted molar refractivity (Wildman–Crippen MR) is 224 cm³/mol. The Morgan fingerprint density at radius 1 is 0.278 bits per heavy atom. The molecule has 2 aromatic heterocycles. The van der Waals surface area contributed by atoms with Crippen LogP contribution in [0.3, 0.4) is 0 Å². The van der Waals surface area contributed by atoms with Gasteiger partial charge in [0.05, 0.1) is 0 Å². The van der Waals surface area contributed by atoms with Crippen LogP contribution in [0.2, 0.25) is 0 Å². The third-order valence-corrected chi connectivity index (χ3v) is 10.8. The number of rotatable bonds is 5. The highest BCUT2D eigenvalue weighted by Gasteiger charge is 2.18. The van der Waals surface area contributed by atoms with E-state index in [1.807, 2.05) is 24.5 Å². The van der Waals surface area contributed by atoms with Gasteiger partial charge in [-0.3, -0.25) is 4.98 Å². The summed E-state index contributed by atoms with van der Waals surface area (Å²) in [7, 11) is 0. The molecule has 0 radical (unpaired) electrons. The number of nitrogens with zero attached hydrogens (tertiary/aromatic N) is 4. The van der Waals surface area contributed by atoms with Crippen LogP contribution in [-0.4, -0.2) is 19.9 Å². The van der Waals surface area contributed by atoms with Crippen LogP contribution < -0.4 is 0 Å². The average Bonchev–Trinajstić information content (AvgIpc) is 3.25. The summed E-state index contributed by atoms with van der Waals surface area (Å²) >= 11 is 0. The Bertz CT molecular complexity index is 3170. The van der Waals surface area contributed by atoms with Crippen molar-refractivity contribution in [2.75, 3.05) is 0 Å². The van der Waals surface area contributed by atoms with Crippen molar-refractivity contribution in [1.82, 2.24) is 19.9 Å². The summed E-state index contributed by atoms with van der Waals surface area (Å²) in [5.74, 6) is 1.91. The minimum atomic E-state index is 0.631. The summed E-state index contributed by atoms with van der Waals surface area (Å²) in [5.41, 5.74) is 7.41. The lowest BCUT2D eigenvalue weighted by Gasteiger charge is -2.15. The highest BCUT2D eigenvalue weighted by Crippen LogP contribution is 2.40. The highest BCUT2D eigenvalue weighted by atomic mass is 15.0. The Hall–Kier alpha value is -7.30. The second kappa shape index (κ2) is 12.1. The molecule has 0 spiro atoms. The highest BCUT2D eigenvalue weighted by molar-refractivity contribution is 6.25. The number of aromatic nitrogens is 4. The summed E-state index contributed by atoms with van der Waals surface area (Å²) in [5, 5.41) is 12.3. The van der Waals surface area contributed by atoms with Gasteiger partial charge in [0.1, 0.15) is 0 Å². The Morgan fingerprint density at radius 3 is 1.52 bits per heavy atom. The van der Waals surface area contributed by atoms with Crippen molar-refractivity contribution in [1.29, 1.82) is 0 Å². The number of pyridine rings is 1. The van der Waals surface area contributed by atoms with E-state index in [2.05, 4.69) is 163 Å². The fraction of sp³-hybridized carbons (Fsp3) is 0. The van der Waals surface area contributed by atoms with E-state index in [0.717, 1.165) is 38.8 Å². The summed E-state index contributed by atoms with van der Waals surface area (Å²) in [4.78, 5) is 19.7. The molecule has 0 aliphatic heterocycles. The first-order valence-electron chi connectivity index (χ1n) is 18.2. The molecule has 0 fully saturated rings. The van der Waals surface area contributed by atoms with Gasteiger partial charge in [-0.1, -0.05) is 146 Å². The number of hydrogen-bond acceptors (Lipinski definition) is 4. The Kier molecular flexibility index (Phi) is 6.82. The molecule has 0 N–H and O–H groups in total. The van der Waals surface area contributed by atoms with Crippen LogP contribution in [0.5, 0.6) is 0 Å². The van der Waals surface area contributed by atoms with Crippen LogP contribution >= 0.6 is 0 Å². The molecule has 54 heavy (non-hydrogen) atoms. The molecule has 0 atom stereocenters. The molecule has 0 amide bonds. The van der Waals surface area contributed by atoms with E-state index in [4.69, 9.17) is 15.0 Å². The molecule has 0 aliphatic carbocycles. The summed E-state index contributed by atoms with van der Waals surface area (Å²) < 4.78 is 0. The van der Waals surface area contributed by atoms with Gasteiger partial charge in [-0.15, -0.1) is 0 Å². The van der Waals surface area contributed by atoms with Gasteiger partial charge in [0.15, 0.2) is 17.5 Å². The number of benzene rings is 9. The smallest absolute Gasteiger partial charge is 0.164 e. The maximum absolute atomic E-state index is 5.21. The second-order valence-corrected chi connectivity index (χ2v) is 13.9. The van der Waals surface area contributed by atoms with Gasteiger partial charge in [-0.25, -0.2) is 15.0 Å².